The molecular weight excluding hydrogens is 470 g/mol. The zero-order valence-electron chi connectivity index (χ0n) is 17.9. The van der Waals surface area contributed by atoms with Crippen LogP contribution < -0.4 is 10.6 Å². The van der Waals surface area contributed by atoms with Gasteiger partial charge in [-0.1, -0.05) is 30.3 Å². The van der Waals surface area contributed by atoms with Gasteiger partial charge < -0.3 is 15.6 Å². The Morgan fingerprint density at radius 1 is 1.00 bits per heavy atom. The van der Waals surface area contributed by atoms with Crippen molar-refractivity contribution in [1.82, 2.24) is 25.6 Å². The molecule has 0 aliphatic heterocycles. The Morgan fingerprint density at radius 2 is 1.74 bits per heavy atom. The number of nitrogens with zero attached hydrogens (tertiary/aromatic N) is 2. The first-order valence-electron chi connectivity index (χ1n) is 10.5. The minimum Gasteiger partial charge on any atom is -0.346 e. The van der Waals surface area contributed by atoms with E-state index in [4.69, 9.17) is 0 Å². The van der Waals surface area contributed by atoms with Crippen molar-refractivity contribution in [3.05, 3.63) is 81.3 Å². The standard InChI is InChI=1S/C23H21F4N5OS/c24-15-6-2-1-5-14(15)13-29-22(33)20-21(23(25,26)27)34-19(32-20)10-12-28-11-9-18-30-16-7-3-4-8-17(16)31-18/h1-8,28H,9-13H2,(H,29,33)(H,30,31). The summed E-state index contributed by atoms with van der Waals surface area (Å²) in [7, 11) is 0. The molecule has 4 rings (SSSR count). The number of imidazole rings is 1. The van der Waals surface area contributed by atoms with Crippen LogP contribution in [0.15, 0.2) is 48.5 Å². The number of nitrogens with one attached hydrogen (secondary N) is 3. The quantitative estimate of drug-likeness (QED) is 0.238. The fraction of sp³-hybridized carbons (Fsp3) is 0.261. The summed E-state index contributed by atoms with van der Waals surface area (Å²) in [4.78, 5) is 23.0. The van der Waals surface area contributed by atoms with Crippen LogP contribution >= 0.6 is 11.3 Å². The van der Waals surface area contributed by atoms with Crippen molar-refractivity contribution in [3.8, 4) is 0 Å². The molecule has 2 heterocycles. The van der Waals surface area contributed by atoms with Gasteiger partial charge in [-0.3, -0.25) is 4.79 Å². The van der Waals surface area contributed by atoms with Gasteiger partial charge >= 0.3 is 6.18 Å². The van der Waals surface area contributed by atoms with Crippen LogP contribution in [-0.4, -0.2) is 33.9 Å². The van der Waals surface area contributed by atoms with Crippen LogP contribution in [0.1, 0.15) is 31.8 Å². The number of alkyl halides is 3. The third kappa shape index (κ3) is 5.78. The van der Waals surface area contributed by atoms with E-state index in [2.05, 4.69) is 25.6 Å². The molecule has 0 aliphatic carbocycles. The van der Waals surface area contributed by atoms with E-state index in [9.17, 15) is 22.4 Å². The summed E-state index contributed by atoms with van der Waals surface area (Å²) in [5, 5.41) is 5.68. The Kier molecular flexibility index (Phi) is 7.23. The first-order valence-corrected chi connectivity index (χ1v) is 11.4. The number of halogens is 4. The minimum atomic E-state index is -4.71. The molecule has 0 aliphatic rings. The summed E-state index contributed by atoms with van der Waals surface area (Å²) in [5.74, 6) is -0.724. The molecule has 11 heteroatoms. The van der Waals surface area contributed by atoms with E-state index >= 15 is 0 Å². The molecule has 1 amide bonds. The highest BCUT2D eigenvalue weighted by Crippen LogP contribution is 2.36. The zero-order chi connectivity index (χ0) is 24.1. The third-order valence-electron chi connectivity index (χ3n) is 5.03. The number of rotatable bonds is 9. The average Bonchev–Trinajstić information content (AvgIpc) is 3.42. The van der Waals surface area contributed by atoms with Gasteiger partial charge in [0.2, 0.25) is 0 Å². The molecule has 0 radical (unpaired) electrons. The van der Waals surface area contributed by atoms with Gasteiger partial charge in [-0.05, 0) is 18.2 Å². The van der Waals surface area contributed by atoms with Gasteiger partial charge in [0, 0.05) is 38.0 Å². The van der Waals surface area contributed by atoms with Gasteiger partial charge in [-0.25, -0.2) is 14.4 Å². The lowest BCUT2D eigenvalue weighted by atomic mass is 10.2. The molecule has 0 fully saturated rings. The van der Waals surface area contributed by atoms with Gasteiger partial charge in [-0.15, -0.1) is 11.3 Å². The number of hydrogen-bond donors (Lipinski definition) is 3. The molecule has 178 valence electrons. The zero-order valence-corrected chi connectivity index (χ0v) is 18.7. The van der Waals surface area contributed by atoms with Crippen LogP contribution in [0.5, 0.6) is 0 Å². The van der Waals surface area contributed by atoms with Gasteiger partial charge in [0.1, 0.15) is 16.5 Å². The maximum atomic E-state index is 13.7. The van der Waals surface area contributed by atoms with E-state index < -0.39 is 28.5 Å². The summed E-state index contributed by atoms with van der Waals surface area (Å²) in [6.45, 7) is 0.730. The number of aromatic nitrogens is 3. The van der Waals surface area contributed by atoms with E-state index in [1.807, 2.05) is 24.3 Å². The Bertz CT molecular complexity index is 1250. The second-order valence-corrected chi connectivity index (χ2v) is 8.59. The van der Waals surface area contributed by atoms with Gasteiger partial charge in [0.25, 0.3) is 5.91 Å². The van der Waals surface area contributed by atoms with E-state index in [1.54, 1.807) is 6.07 Å². The van der Waals surface area contributed by atoms with Gasteiger partial charge in [0.05, 0.1) is 16.0 Å². The lowest BCUT2D eigenvalue weighted by Crippen LogP contribution is -2.26. The number of carbonyl (C=O) groups excluding carboxylic acids is 1. The highest BCUT2D eigenvalue weighted by molar-refractivity contribution is 7.12. The highest BCUT2D eigenvalue weighted by Gasteiger charge is 2.39. The fourth-order valence-electron chi connectivity index (χ4n) is 3.37. The fourth-order valence-corrected chi connectivity index (χ4v) is 4.30. The molecule has 34 heavy (non-hydrogen) atoms. The summed E-state index contributed by atoms with van der Waals surface area (Å²) in [5.41, 5.74) is 1.31. The molecule has 0 unspecified atom stereocenters. The summed E-state index contributed by atoms with van der Waals surface area (Å²) >= 11 is 0.447. The van der Waals surface area contributed by atoms with E-state index in [0.29, 0.717) is 30.8 Å². The first kappa shape index (κ1) is 23.8. The van der Waals surface area contributed by atoms with Crippen molar-refractivity contribution in [2.45, 2.75) is 25.6 Å². The Morgan fingerprint density at radius 3 is 2.50 bits per heavy atom. The Balaban J connectivity index is 1.32. The van der Waals surface area contributed by atoms with E-state index in [1.165, 1.54) is 18.2 Å². The van der Waals surface area contributed by atoms with Crippen molar-refractivity contribution in [2.75, 3.05) is 13.1 Å². The number of fused-ring (bicyclic) bond motifs is 1. The van der Waals surface area contributed by atoms with Gasteiger partial charge in [0.15, 0.2) is 5.69 Å². The Labute approximate surface area is 196 Å². The second-order valence-electron chi connectivity index (χ2n) is 7.51. The van der Waals surface area contributed by atoms with Crippen LogP contribution in [0.25, 0.3) is 11.0 Å². The monoisotopic (exact) mass is 491 g/mol. The second kappa shape index (κ2) is 10.3. The summed E-state index contributed by atoms with van der Waals surface area (Å²) in [6.07, 6.45) is -3.85. The number of amides is 1. The predicted octanol–water partition coefficient (Wildman–Crippen LogP) is 4.48. The molecule has 2 aromatic heterocycles. The highest BCUT2D eigenvalue weighted by atomic mass is 32.1. The molecule has 0 spiro atoms. The normalized spacial score (nSPS) is 11.8. The van der Waals surface area contributed by atoms with Crippen molar-refractivity contribution >= 4 is 28.3 Å². The largest absolute Gasteiger partial charge is 0.427 e. The molecular formula is C23H21F4N5OS. The number of hydrogen-bond acceptors (Lipinski definition) is 5. The maximum absolute atomic E-state index is 13.7. The molecule has 4 aromatic rings. The average molecular weight is 492 g/mol. The summed E-state index contributed by atoms with van der Waals surface area (Å²) < 4.78 is 54.1. The van der Waals surface area contributed by atoms with Crippen molar-refractivity contribution in [3.63, 3.8) is 0 Å². The lowest BCUT2D eigenvalue weighted by Gasteiger charge is -2.08. The Hall–Kier alpha value is -3.31. The molecule has 2 aromatic carbocycles. The topological polar surface area (TPSA) is 82.7 Å². The predicted molar refractivity (Wildman–Crippen MR) is 121 cm³/mol. The molecule has 0 saturated heterocycles. The number of carbonyl (C=O) groups is 1. The number of H-pyrrole nitrogens is 1. The summed E-state index contributed by atoms with van der Waals surface area (Å²) in [6, 6.07) is 13.4. The molecule has 0 atom stereocenters. The van der Waals surface area contributed by atoms with Crippen molar-refractivity contribution in [2.24, 2.45) is 0 Å². The van der Waals surface area contributed by atoms with Crippen LogP contribution in [0.4, 0.5) is 17.6 Å². The van der Waals surface area contributed by atoms with Crippen LogP contribution in [0, 0.1) is 5.82 Å². The SMILES string of the molecule is O=C(NCc1ccccc1F)c1nc(CCNCCc2nc3ccccc3[nH]2)sc1C(F)(F)F. The maximum Gasteiger partial charge on any atom is 0.427 e. The van der Waals surface area contributed by atoms with Crippen molar-refractivity contribution < 1.29 is 22.4 Å². The third-order valence-corrected chi connectivity index (χ3v) is 6.19. The molecule has 3 N–H and O–H groups in total. The molecule has 0 bridgehead atoms. The number of benzene rings is 2. The molecule has 6 nitrogen and oxygen atoms in total. The van der Waals surface area contributed by atoms with E-state index in [0.717, 1.165) is 16.9 Å². The van der Waals surface area contributed by atoms with Crippen LogP contribution in [0.3, 0.4) is 0 Å². The van der Waals surface area contributed by atoms with Crippen LogP contribution in [-0.2, 0) is 25.6 Å². The van der Waals surface area contributed by atoms with Crippen molar-refractivity contribution in [1.29, 1.82) is 0 Å². The number of aromatic amines is 1. The van der Waals surface area contributed by atoms with Crippen LogP contribution in [0.2, 0.25) is 0 Å². The van der Waals surface area contributed by atoms with Gasteiger partial charge in [-0.2, -0.15) is 13.2 Å². The smallest absolute Gasteiger partial charge is 0.346 e. The van der Waals surface area contributed by atoms with E-state index in [-0.39, 0.29) is 23.5 Å². The number of para-hydroxylation sites is 2. The molecule has 0 saturated carbocycles. The number of thiazole rings is 1. The first-order chi connectivity index (χ1) is 16.3. The minimum absolute atomic E-state index is 0.175. The lowest BCUT2D eigenvalue weighted by molar-refractivity contribution is -0.134.